The molecule has 0 bridgehead atoms. The van der Waals surface area contributed by atoms with Gasteiger partial charge in [-0.2, -0.15) is 4.72 Å². The van der Waals surface area contributed by atoms with Crippen molar-refractivity contribution in [2.24, 2.45) is 0 Å². The standard InChI is InChI=1S/C21H17F3N2O3S/c22-16-11-10-15(13-18(16)24)25-21(27)19(12-14-6-2-1-3-7-14)26-30(28,29)20-9-5-4-8-17(20)23/h1-11,13,19,26H,12H2,(H,25,27). The first-order valence-corrected chi connectivity index (χ1v) is 10.3. The van der Waals surface area contributed by atoms with Crippen LogP contribution < -0.4 is 10.0 Å². The van der Waals surface area contributed by atoms with Crippen molar-refractivity contribution in [3.05, 3.63) is 95.8 Å². The van der Waals surface area contributed by atoms with Crippen LogP contribution in [0.2, 0.25) is 0 Å². The zero-order valence-electron chi connectivity index (χ0n) is 15.5. The molecule has 0 aromatic heterocycles. The molecule has 0 fully saturated rings. The van der Waals surface area contributed by atoms with Crippen LogP contribution in [0.25, 0.3) is 0 Å². The van der Waals surface area contributed by atoms with E-state index in [1.165, 1.54) is 12.1 Å². The van der Waals surface area contributed by atoms with Crippen molar-refractivity contribution < 1.29 is 26.4 Å². The molecule has 2 N–H and O–H groups in total. The highest BCUT2D eigenvalue weighted by molar-refractivity contribution is 7.89. The van der Waals surface area contributed by atoms with E-state index in [9.17, 15) is 26.4 Å². The second-order valence-corrected chi connectivity index (χ2v) is 8.09. The van der Waals surface area contributed by atoms with Crippen LogP contribution in [0.5, 0.6) is 0 Å². The normalized spacial score (nSPS) is 12.4. The lowest BCUT2D eigenvalue weighted by atomic mass is 10.1. The minimum atomic E-state index is -4.38. The Hall–Kier alpha value is -3.17. The molecule has 0 aliphatic rings. The summed E-state index contributed by atoms with van der Waals surface area (Å²) in [5.74, 6) is -4.04. The van der Waals surface area contributed by atoms with Gasteiger partial charge in [0.25, 0.3) is 0 Å². The topological polar surface area (TPSA) is 75.3 Å². The highest BCUT2D eigenvalue weighted by Gasteiger charge is 2.28. The maximum absolute atomic E-state index is 14.0. The monoisotopic (exact) mass is 434 g/mol. The first kappa shape index (κ1) is 21.5. The zero-order valence-corrected chi connectivity index (χ0v) is 16.3. The molecule has 0 radical (unpaired) electrons. The Kier molecular flexibility index (Phi) is 6.53. The number of carbonyl (C=O) groups excluding carboxylic acids is 1. The number of carbonyl (C=O) groups is 1. The number of nitrogens with one attached hydrogen (secondary N) is 2. The van der Waals surface area contributed by atoms with Crippen molar-refractivity contribution in [1.29, 1.82) is 0 Å². The summed E-state index contributed by atoms with van der Waals surface area (Å²) in [5.41, 5.74) is 0.584. The molecule has 0 heterocycles. The molecule has 3 rings (SSSR count). The van der Waals surface area contributed by atoms with E-state index >= 15 is 0 Å². The van der Waals surface area contributed by atoms with Gasteiger partial charge >= 0.3 is 0 Å². The van der Waals surface area contributed by atoms with Crippen molar-refractivity contribution in [1.82, 2.24) is 4.72 Å². The first-order valence-electron chi connectivity index (χ1n) is 8.83. The minimum absolute atomic E-state index is 0.0516. The van der Waals surface area contributed by atoms with Crippen molar-refractivity contribution in [2.45, 2.75) is 17.4 Å². The van der Waals surface area contributed by atoms with E-state index in [2.05, 4.69) is 10.0 Å². The molecular formula is C21H17F3N2O3S. The van der Waals surface area contributed by atoms with Gasteiger partial charge in [0.05, 0.1) is 0 Å². The molecule has 0 saturated carbocycles. The SMILES string of the molecule is O=C(Nc1ccc(F)c(F)c1)C(Cc1ccccc1)NS(=O)(=O)c1ccccc1F. The maximum Gasteiger partial charge on any atom is 0.244 e. The van der Waals surface area contributed by atoms with E-state index in [4.69, 9.17) is 0 Å². The van der Waals surface area contributed by atoms with Crippen LogP contribution in [-0.2, 0) is 21.2 Å². The van der Waals surface area contributed by atoms with E-state index in [0.717, 1.165) is 30.3 Å². The third-order valence-electron chi connectivity index (χ3n) is 4.21. The molecule has 1 atom stereocenters. The first-order chi connectivity index (χ1) is 14.3. The summed E-state index contributed by atoms with van der Waals surface area (Å²) >= 11 is 0. The van der Waals surface area contributed by atoms with Crippen LogP contribution in [0, 0.1) is 17.5 Å². The smallest absolute Gasteiger partial charge is 0.244 e. The minimum Gasteiger partial charge on any atom is -0.325 e. The lowest BCUT2D eigenvalue weighted by Gasteiger charge is -2.19. The third kappa shape index (κ3) is 5.25. The number of hydrogen-bond acceptors (Lipinski definition) is 3. The molecule has 1 amide bonds. The van der Waals surface area contributed by atoms with Gasteiger partial charge in [0, 0.05) is 11.8 Å². The molecule has 156 valence electrons. The number of hydrogen-bond donors (Lipinski definition) is 2. The van der Waals surface area contributed by atoms with Crippen LogP contribution in [0.1, 0.15) is 5.56 Å². The average Bonchev–Trinajstić information content (AvgIpc) is 2.71. The van der Waals surface area contributed by atoms with Gasteiger partial charge in [-0.15, -0.1) is 0 Å². The summed E-state index contributed by atoms with van der Waals surface area (Å²) in [6.07, 6.45) is -0.0516. The molecule has 30 heavy (non-hydrogen) atoms. The van der Waals surface area contributed by atoms with Gasteiger partial charge in [-0.25, -0.2) is 21.6 Å². The lowest BCUT2D eigenvalue weighted by Crippen LogP contribution is -2.45. The zero-order chi connectivity index (χ0) is 21.7. The Labute approximate surface area is 171 Å². The van der Waals surface area contributed by atoms with Crippen molar-refractivity contribution in [3.8, 4) is 0 Å². The summed E-state index contributed by atoms with van der Waals surface area (Å²) in [4.78, 5) is 12.2. The van der Waals surface area contributed by atoms with Crippen molar-refractivity contribution in [3.63, 3.8) is 0 Å². The fourth-order valence-electron chi connectivity index (χ4n) is 2.75. The predicted octanol–water partition coefficient (Wildman–Crippen LogP) is 3.63. The molecule has 9 heteroatoms. The van der Waals surface area contributed by atoms with E-state index in [1.54, 1.807) is 30.3 Å². The van der Waals surface area contributed by atoms with E-state index in [1.807, 2.05) is 0 Å². The largest absolute Gasteiger partial charge is 0.325 e. The number of rotatable bonds is 7. The Morgan fingerprint density at radius 1 is 0.833 bits per heavy atom. The number of amides is 1. The van der Waals surface area contributed by atoms with Crippen molar-refractivity contribution in [2.75, 3.05) is 5.32 Å². The molecular weight excluding hydrogens is 417 g/mol. The molecule has 3 aromatic rings. The Morgan fingerprint density at radius 3 is 2.17 bits per heavy atom. The van der Waals surface area contributed by atoms with E-state index < -0.39 is 44.3 Å². The van der Waals surface area contributed by atoms with Gasteiger partial charge in [0.2, 0.25) is 15.9 Å². The highest BCUT2D eigenvalue weighted by atomic mass is 32.2. The number of benzene rings is 3. The fourth-order valence-corrected chi connectivity index (χ4v) is 4.03. The summed E-state index contributed by atoms with van der Waals surface area (Å²) in [7, 11) is -4.38. The fraction of sp³-hybridized carbons (Fsp3) is 0.0952. The molecule has 0 spiro atoms. The Bertz CT molecular complexity index is 1160. The van der Waals surface area contributed by atoms with Gasteiger partial charge < -0.3 is 5.32 Å². The summed E-state index contributed by atoms with van der Waals surface area (Å²) in [5, 5.41) is 2.35. The van der Waals surface area contributed by atoms with Crippen LogP contribution >= 0.6 is 0 Å². The highest BCUT2D eigenvalue weighted by Crippen LogP contribution is 2.17. The molecule has 5 nitrogen and oxygen atoms in total. The average molecular weight is 434 g/mol. The Morgan fingerprint density at radius 2 is 1.50 bits per heavy atom. The van der Waals surface area contributed by atoms with Gasteiger partial charge in [0.15, 0.2) is 11.6 Å². The van der Waals surface area contributed by atoms with Crippen molar-refractivity contribution >= 4 is 21.6 Å². The maximum atomic E-state index is 14.0. The van der Waals surface area contributed by atoms with Gasteiger partial charge in [-0.1, -0.05) is 42.5 Å². The summed E-state index contributed by atoms with van der Waals surface area (Å²) in [6.45, 7) is 0. The molecule has 1 unspecified atom stereocenters. The quantitative estimate of drug-likeness (QED) is 0.596. The number of halogens is 3. The van der Waals surface area contributed by atoms with Gasteiger partial charge in [-0.3, -0.25) is 4.79 Å². The Balaban J connectivity index is 1.88. The van der Waals surface area contributed by atoms with E-state index in [-0.39, 0.29) is 12.1 Å². The molecule has 0 aliphatic heterocycles. The van der Waals surface area contributed by atoms with Crippen LogP contribution in [0.15, 0.2) is 77.7 Å². The lowest BCUT2D eigenvalue weighted by molar-refractivity contribution is -0.117. The molecule has 0 aliphatic carbocycles. The van der Waals surface area contributed by atoms with Gasteiger partial charge in [-0.05, 0) is 36.2 Å². The summed E-state index contributed by atoms with van der Waals surface area (Å²) in [6, 6.07) is 14.7. The third-order valence-corrected chi connectivity index (χ3v) is 5.71. The number of sulfonamides is 1. The summed E-state index contributed by atoms with van der Waals surface area (Å²) < 4.78 is 68.1. The molecule has 0 saturated heterocycles. The second-order valence-electron chi connectivity index (χ2n) is 6.41. The predicted molar refractivity (Wildman–Crippen MR) is 106 cm³/mol. The van der Waals surface area contributed by atoms with Crippen LogP contribution in [0.3, 0.4) is 0 Å². The van der Waals surface area contributed by atoms with Crippen LogP contribution in [-0.4, -0.2) is 20.4 Å². The van der Waals surface area contributed by atoms with E-state index in [0.29, 0.717) is 5.56 Å². The van der Waals surface area contributed by atoms with Gasteiger partial charge in [0.1, 0.15) is 16.8 Å². The molecule has 3 aromatic carbocycles. The second kappa shape index (κ2) is 9.10. The number of anilines is 1. The van der Waals surface area contributed by atoms with Crippen LogP contribution in [0.4, 0.5) is 18.9 Å².